The maximum absolute atomic E-state index is 13.7. The number of nitrogens with one attached hydrogen (secondary N) is 4. The zero-order valence-corrected chi connectivity index (χ0v) is 24.2. The molecule has 8 nitrogen and oxygen atoms in total. The molecule has 0 bridgehead atoms. The third-order valence-electron chi connectivity index (χ3n) is 7.65. The first kappa shape index (κ1) is 28.7. The highest BCUT2D eigenvalue weighted by Gasteiger charge is 2.32. The van der Waals surface area contributed by atoms with Crippen LogP contribution in [0.1, 0.15) is 32.7 Å². The summed E-state index contributed by atoms with van der Waals surface area (Å²) in [6.45, 7) is 1.72. The van der Waals surface area contributed by atoms with E-state index in [0.717, 1.165) is 34.2 Å². The molecule has 2 aromatic heterocycles. The molecule has 0 radical (unpaired) electrons. The Hall–Kier alpha value is -6.10. The predicted molar refractivity (Wildman–Crippen MR) is 172 cm³/mol. The van der Waals surface area contributed by atoms with E-state index in [0.29, 0.717) is 34.0 Å². The summed E-state index contributed by atoms with van der Waals surface area (Å²) >= 11 is 0. The van der Waals surface area contributed by atoms with Gasteiger partial charge in [0.25, 0.3) is 11.8 Å². The number of aromatic nitrogens is 3. The largest absolute Gasteiger partial charge is 0.416 e. The second-order valence-electron chi connectivity index (χ2n) is 10.9. The maximum Gasteiger partial charge on any atom is 0.416 e. The molecule has 0 spiro atoms. The smallest absolute Gasteiger partial charge is 0.361 e. The molecule has 1 aliphatic rings. The highest BCUT2D eigenvalue weighted by molar-refractivity contribution is 6.35. The Balaban J connectivity index is 1.10. The lowest BCUT2D eigenvalue weighted by Crippen LogP contribution is -2.15. The lowest BCUT2D eigenvalue weighted by molar-refractivity contribution is -0.137. The maximum atomic E-state index is 13.7. The number of aryl methyl sites for hydroxylation is 1. The molecule has 3 heterocycles. The summed E-state index contributed by atoms with van der Waals surface area (Å²) in [6, 6.07) is 23.4. The van der Waals surface area contributed by atoms with Crippen molar-refractivity contribution in [2.24, 2.45) is 0 Å². The van der Waals surface area contributed by atoms with E-state index in [1.54, 1.807) is 37.4 Å². The van der Waals surface area contributed by atoms with Gasteiger partial charge in [0.1, 0.15) is 0 Å². The van der Waals surface area contributed by atoms with Gasteiger partial charge < -0.3 is 25.5 Å². The van der Waals surface area contributed by atoms with Crippen molar-refractivity contribution in [3.63, 3.8) is 0 Å². The number of alkyl halides is 3. The quantitative estimate of drug-likeness (QED) is 0.141. The number of hydrogen-bond acceptors (Lipinski definition) is 4. The van der Waals surface area contributed by atoms with Crippen LogP contribution in [-0.4, -0.2) is 26.3 Å². The first-order valence-corrected chi connectivity index (χ1v) is 14.3. The van der Waals surface area contributed by atoms with Gasteiger partial charge in [-0.2, -0.15) is 13.2 Å². The van der Waals surface area contributed by atoms with Crippen molar-refractivity contribution in [2.75, 3.05) is 16.0 Å². The van der Waals surface area contributed by atoms with Gasteiger partial charge in [-0.25, -0.2) is 4.98 Å². The van der Waals surface area contributed by atoms with Crippen molar-refractivity contribution >= 4 is 57.1 Å². The van der Waals surface area contributed by atoms with E-state index in [2.05, 4.69) is 25.9 Å². The van der Waals surface area contributed by atoms with Crippen LogP contribution < -0.4 is 16.0 Å². The zero-order chi connectivity index (χ0) is 32.0. The molecule has 1 aliphatic heterocycles. The lowest BCUT2D eigenvalue weighted by atomic mass is 10.0. The topological polar surface area (TPSA) is 104 Å². The van der Waals surface area contributed by atoms with Crippen molar-refractivity contribution < 1.29 is 22.8 Å². The van der Waals surface area contributed by atoms with Crippen LogP contribution in [-0.2, 0) is 11.0 Å². The number of nitrogens with zero attached hydrogens (tertiary/aromatic N) is 2. The summed E-state index contributed by atoms with van der Waals surface area (Å²) in [6.07, 6.45) is 2.07. The van der Waals surface area contributed by atoms with E-state index in [1.807, 2.05) is 54.7 Å². The molecule has 0 unspecified atom stereocenters. The first-order chi connectivity index (χ1) is 22.1. The molecule has 4 aromatic carbocycles. The molecule has 6 aromatic rings. The number of hydrogen-bond donors (Lipinski definition) is 4. The molecule has 11 heteroatoms. The second-order valence-corrected chi connectivity index (χ2v) is 10.9. The molecule has 0 atom stereocenters. The third kappa shape index (κ3) is 5.61. The minimum absolute atomic E-state index is 0.152. The number of anilines is 4. The number of benzene rings is 4. The molecule has 7 rings (SSSR count). The number of para-hydroxylation sites is 1. The fourth-order valence-electron chi connectivity index (χ4n) is 5.45. The van der Waals surface area contributed by atoms with Gasteiger partial charge in [0.15, 0.2) is 0 Å². The van der Waals surface area contributed by atoms with Crippen LogP contribution >= 0.6 is 0 Å². The average molecular weight is 619 g/mol. The number of carbonyl (C=O) groups excluding carboxylic acids is 2. The summed E-state index contributed by atoms with van der Waals surface area (Å²) in [5.74, 6) is -0.904. The normalized spacial score (nSPS) is 13.6. The lowest BCUT2D eigenvalue weighted by Gasteiger charge is -2.14. The van der Waals surface area contributed by atoms with Crippen LogP contribution in [0.2, 0.25) is 0 Å². The average Bonchev–Trinajstić information content (AvgIpc) is 3.73. The van der Waals surface area contributed by atoms with Gasteiger partial charge in [-0.3, -0.25) is 9.59 Å². The van der Waals surface area contributed by atoms with Crippen LogP contribution in [0.15, 0.2) is 104 Å². The summed E-state index contributed by atoms with van der Waals surface area (Å²) < 4.78 is 42.5. The van der Waals surface area contributed by atoms with E-state index in [-0.39, 0.29) is 17.2 Å². The Morgan fingerprint density at radius 2 is 1.74 bits per heavy atom. The van der Waals surface area contributed by atoms with Gasteiger partial charge in [0, 0.05) is 68.3 Å². The second kappa shape index (κ2) is 11.1. The van der Waals surface area contributed by atoms with E-state index in [9.17, 15) is 22.8 Å². The molecule has 46 heavy (non-hydrogen) atoms. The highest BCUT2D eigenvalue weighted by Crippen LogP contribution is 2.37. The fourth-order valence-corrected chi connectivity index (χ4v) is 5.45. The van der Waals surface area contributed by atoms with E-state index in [4.69, 9.17) is 0 Å². The Kier molecular flexibility index (Phi) is 6.93. The number of rotatable bonds is 6. The summed E-state index contributed by atoms with van der Waals surface area (Å²) in [5, 5.41) is 9.90. The van der Waals surface area contributed by atoms with Crippen molar-refractivity contribution in [3.8, 4) is 5.69 Å². The number of aromatic amines is 1. The Labute approximate surface area is 260 Å². The minimum Gasteiger partial charge on any atom is -0.361 e. The number of fused-ring (bicyclic) bond motifs is 2. The van der Waals surface area contributed by atoms with E-state index >= 15 is 0 Å². The molecular weight excluding hydrogens is 593 g/mol. The first-order valence-electron chi connectivity index (χ1n) is 14.3. The molecular formula is C35H25F3N6O2. The van der Waals surface area contributed by atoms with Crippen molar-refractivity contribution in [3.05, 3.63) is 132 Å². The molecule has 0 saturated heterocycles. The number of H-pyrrole nitrogens is 1. The van der Waals surface area contributed by atoms with Crippen LogP contribution in [0.4, 0.5) is 35.9 Å². The molecule has 228 valence electrons. The van der Waals surface area contributed by atoms with Crippen LogP contribution in [0.25, 0.3) is 28.2 Å². The van der Waals surface area contributed by atoms with Gasteiger partial charge in [-0.15, -0.1) is 0 Å². The van der Waals surface area contributed by atoms with Crippen molar-refractivity contribution in [1.82, 2.24) is 14.5 Å². The third-order valence-corrected chi connectivity index (χ3v) is 7.65. The minimum atomic E-state index is -4.65. The van der Waals surface area contributed by atoms with Gasteiger partial charge in [-0.05, 0) is 67.6 Å². The van der Waals surface area contributed by atoms with Crippen LogP contribution in [0, 0.1) is 6.92 Å². The number of amides is 2. The van der Waals surface area contributed by atoms with Gasteiger partial charge in [0.2, 0.25) is 0 Å². The number of halogens is 3. The molecule has 0 fully saturated rings. The number of imidazole rings is 1. The number of carbonyl (C=O) groups is 2. The van der Waals surface area contributed by atoms with Crippen LogP contribution in [0.3, 0.4) is 0 Å². The summed E-state index contributed by atoms with van der Waals surface area (Å²) in [4.78, 5) is 33.3. The Bertz CT molecular complexity index is 2190. The fraction of sp³-hybridized carbons (Fsp3) is 0.0571. The Morgan fingerprint density at radius 3 is 2.54 bits per heavy atom. The molecule has 2 amide bonds. The summed E-state index contributed by atoms with van der Waals surface area (Å²) in [7, 11) is 0. The molecule has 4 N–H and O–H groups in total. The summed E-state index contributed by atoms with van der Waals surface area (Å²) in [5.41, 5.74) is 5.25. The van der Waals surface area contributed by atoms with Crippen LogP contribution in [0.5, 0.6) is 0 Å². The van der Waals surface area contributed by atoms with Gasteiger partial charge in [0.05, 0.1) is 23.3 Å². The Morgan fingerprint density at radius 1 is 0.935 bits per heavy atom. The predicted octanol–water partition coefficient (Wildman–Crippen LogP) is 8.17. The molecule has 0 saturated carbocycles. The standard InChI is InChI=1S/C35H25F3N6O2/c1-20-18-44(19-40-20)27-12-21(11-23(14-27)35(36,37)38)33(45)42-25-6-4-5-24(15-25)41-26-9-10-29-30(34(46)43-32(29)16-26)13-22-17-39-31-8-3-2-7-28(22)31/h2-19,39,41H,1H3,(H,42,45)(H,43,46)/b30-13+. The molecule has 0 aliphatic carbocycles. The van der Waals surface area contributed by atoms with Gasteiger partial charge in [-0.1, -0.05) is 30.3 Å². The van der Waals surface area contributed by atoms with E-state index < -0.39 is 17.6 Å². The van der Waals surface area contributed by atoms with E-state index in [1.165, 1.54) is 17.0 Å². The zero-order valence-electron chi connectivity index (χ0n) is 24.2. The monoisotopic (exact) mass is 618 g/mol. The van der Waals surface area contributed by atoms with Gasteiger partial charge >= 0.3 is 6.18 Å². The van der Waals surface area contributed by atoms with Crippen molar-refractivity contribution in [1.29, 1.82) is 0 Å². The van der Waals surface area contributed by atoms with Crippen molar-refractivity contribution in [2.45, 2.75) is 13.1 Å². The highest BCUT2D eigenvalue weighted by atomic mass is 19.4. The SMILES string of the molecule is Cc1cn(-c2cc(C(=O)Nc3cccc(Nc4ccc5c(c4)NC(=O)/C5=C/c4c[nH]c5ccccc45)c3)cc(C(F)(F)F)c2)cn1.